The Labute approximate surface area is 290 Å². The second-order valence-corrected chi connectivity index (χ2v) is 14.2. The first-order valence-electron chi connectivity index (χ1n) is 17.2. The highest BCUT2D eigenvalue weighted by Crippen LogP contribution is 2.38. The summed E-state index contributed by atoms with van der Waals surface area (Å²) in [6, 6.07) is 24.9. The third kappa shape index (κ3) is 7.68. The highest BCUT2D eigenvalue weighted by atomic mass is 32.1. The Kier molecular flexibility index (Phi) is 10.0. The van der Waals surface area contributed by atoms with Crippen LogP contribution in [-0.2, 0) is 6.42 Å². The molecule has 1 amide bonds. The van der Waals surface area contributed by atoms with Gasteiger partial charge in [-0.15, -0.1) is 11.3 Å². The number of hydrogen-bond acceptors (Lipinski definition) is 8. The molecule has 2 fully saturated rings. The summed E-state index contributed by atoms with van der Waals surface area (Å²) in [5, 5.41) is 14.8. The third-order valence-corrected chi connectivity index (χ3v) is 10.9. The highest BCUT2D eigenvalue weighted by molar-refractivity contribution is 7.09. The number of nitrogens with zero attached hydrogens (tertiary/aromatic N) is 3. The average Bonchev–Trinajstić information content (AvgIpc) is 3.96. The van der Waals surface area contributed by atoms with Crippen molar-refractivity contribution in [1.29, 1.82) is 0 Å². The van der Waals surface area contributed by atoms with Crippen molar-refractivity contribution < 1.29 is 23.8 Å². The number of Topliss-reactive ketones (excluding diaryl/α,β-unsaturated/α-hetero) is 1. The number of carbonyl (C=O) groups is 2. The van der Waals surface area contributed by atoms with Gasteiger partial charge in [-0.05, 0) is 93.2 Å². The second kappa shape index (κ2) is 14.9. The summed E-state index contributed by atoms with van der Waals surface area (Å²) in [5.74, 6) is 0.578. The second-order valence-electron chi connectivity index (χ2n) is 13.3. The monoisotopic (exact) mass is 675 g/mol. The maximum absolute atomic E-state index is 14.3. The molecule has 3 heterocycles. The normalized spacial score (nSPS) is 20.3. The minimum absolute atomic E-state index is 0.00705. The Morgan fingerprint density at radius 2 is 1.80 bits per heavy atom. The van der Waals surface area contributed by atoms with Gasteiger partial charge in [0, 0.05) is 40.7 Å². The maximum Gasteiger partial charge on any atom is 0.254 e. The molecule has 0 bridgehead atoms. The summed E-state index contributed by atoms with van der Waals surface area (Å²) in [4.78, 5) is 39.3. The van der Waals surface area contributed by atoms with Crippen LogP contribution in [0.1, 0.15) is 81.5 Å². The lowest BCUT2D eigenvalue weighted by molar-refractivity contribution is 0.0414. The predicted molar refractivity (Wildman–Crippen MR) is 189 cm³/mol. The molecule has 1 aliphatic heterocycles. The number of ether oxygens (including phenoxy) is 1. The smallest absolute Gasteiger partial charge is 0.254 e. The number of hydrogen-bond donors (Lipinski definition) is 1. The highest BCUT2D eigenvalue weighted by Gasteiger charge is 2.37. The van der Waals surface area contributed by atoms with E-state index in [2.05, 4.69) is 9.97 Å². The Morgan fingerprint density at radius 3 is 2.53 bits per heavy atom. The van der Waals surface area contributed by atoms with Crippen LogP contribution in [-0.4, -0.2) is 50.4 Å². The first-order chi connectivity index (χ1) is 23.9. The number of oxazole rings is 1. The molecular weight excluding hydrogens is 635 g/mol. The Balaban J connectivity index is 1.14. The van der Waals surface area contributed by atoms with E-state index in [4.69, 9.17) is 9.15 Å². The van der Waals surface area contributed by atoms with E-state index < -0.39 is 6.10 Å². The van der Waals surface area contributed by atoms with E-state index in [1.807, 2.05) is 77.9 Å². The Hall–Kier alpha value is -4.60. The van der Waals surface area contributed by atoms with Gasteiger partial charge in [-0.25, -0.2) is 9.97 Å². The number of likely N-dealkylation sites (tertiary alicyclic amines) is 1. The molecule has 5 atom stereocenters. The first-order valence-corrected chi connectivity index (χ1v) is 18.0. The molecule has 9 heteroatoms. The number of aliphatic hydroxyl groups is 1. The molecule has 0 spiro atoms. The molecule has 252 valence electrons. The van der Waals surface area contributed by atoms with E-state index in [-0.39, 0.29) is 42.1 Å². The number of para-hydroxylation sites is 1. The minimum Gasteiger partial charge on any atom is -0.490 e. The number of aromatic nitrogens is 2. The maximum atomic E-state index is 14.3. The summed E-state index contributed by atoms with van der Waals surface area (Å²) in [6.07, 6.45) is 7.18. The molecule has 1 N–H and O–H groups in total. The van der Waals surface area contributed by atoms with E-state index in [0.717, 1.165) is 54.1 Å². The van der Waals surface area contributed by atoms with E-state index in [1.54, 1.807) is 35.7 Å². The SMILES string of the molecule is Cc1csc([C@H]2CCCN2C(=O)c2cc(C(=O)C[C@@H](Cc3ccccc3)[C@H](O)[C@@H]3CC[C@H](Oc4ccccc4)C3)cc(-c3ncco3)c2)n1. The lowest BCUT2D eigenvalue weighted by atomic mass is 9.81. The van der Waals surface area contributed by atoms with Gasteiger partial charge >= 0.3 is 0 Å². The van der Waals surface area contributed by atoms with Crippen LogP contribution < -0.4 is 4.74 Å². The van der Waals surface area contributed by atoms with Crippen molar-refractivity contribution in [3.05, 3.63) is 124 Å². The quantitative estimate of drug-likeness (QED) is 0.133. The molecule has 2 aliphatic rings. The first kappa shape index (κ1) is 32.9. The van der Waals surface area contributed by atoms with Gasteiger partial charge < -0.3 is 19.2 Å². The molecule has 0 unspecified atom stereocenters. The molecular formula is C40H41N3O5S. The largest absolute Gasteiger partial charge is 0.490 e. The van der Waals surface area contributed by atoms with Crippen LogP contribution >= 0.6 is 11.3 Å². The van der Waals surface area contributed by atoms with Crippen LogP contribution in [0.3, 0.4) is 0 Å². The van der Waals surface area contributed by atoms with Crippen molar-refractivity contribution in [3.63, 3.8) is 0 Å². The standard InChI is InChI=1S/C40H41N3O5S/c1-26-25-49-39(42-26)35-13-8-17-43(35)40(46)32-21-29(20-31(22-32)38-41-16-18-47-38)36(44)24-30(19-27-9-4-2-5-10-27)37(45)28-14-15-34(23-28)48-33-11-6-3-7-12-33/h2-7,9-12,16,18,20-22,25,28,30,34-35,37,45H,8,13-15,17,19,23-24H2,1H3/t28-,30-,34+,35-,37-/m1/s1. The van der Waals surface area contributed by atoms with Crippen LogP contribution in [0, 0.1) is 18.8 Å². The molecule has 1 saturated carbocycles. The van der Waals surface area contributed by atoms with Gasteiger partial charge in [0.25, 0.3) is 5.91 Å². The molecule has 2 aromatic heterocycles. The number of ketones is 1. The topological polar surface area (TPSA) is 106 Å². The fourth-order valence-electron chi connectivity index (χ4n) is 7.41. The molecule has 7 rings (SSSR count). The molecule has 49 heavy (non-hydrogen) atoms. The van der Waals surface area contributed by atoms with E-state index in [0.29, 0.717) is 35.5 Å². The van der Waals surface area contributed by atoms with Gasteiger partial charge in [-0.2, -0.15) is 0 Å². The van der Waals surface area contributed by atoms with E-state index >= 15 is 0 Å². The van der Waals surface area contributed by atoms with Crippen molar-refractivity contribution in [2.24, 2.45) is 11.8 Å². The van der Waals surface area contributed by atoms with Crippen LogP contribution in [0.5, 0.6) is 5.75 Å². The Morgan fingerprint density at radius 1 is 1.02 bits per heavy atom. The summed E-state index contributed by atoms with van der Waals surface area (Å²) in [5.41, 5.74) is 3.40. The Bertz CT molecular complexity index is 1860. The van der Waals surface area contributed by atoms with Crippen molar-refractivity contribution in [3.8, 4) is 17.2 Å². The average molecular weight is 676 g/mol. The van der Waals surface area contributed by atoms with Gasteiger partial charge in [0.15, 0.2) is 5.78 Å². The zero-order valence-electron chi connectivity index (χ0n) is 27.6. The van der Waals surface area contributed by atoms with Crippen molar-refractivity contribution in [2.75, 3.05) is 6.54 Å². The molecule has 5 aromatic rings. The van der Waals surface area contributed by atoms with E-state index in [9.17, 15) is 14.7 Å². The molecule has 8 nitrogen and oxygen atoms in total. The lowest BCUT2D eigenvalue weighted by Crippen LogP contribution is -2.32. The van der Waals surface area contributed by atoms with Crippen LogP contribution in [0.15, 0.2) is 101 Å². The van der Waals surface area contributed by atoms with Crippen LogP contribution in [0.2, 0.25) is 0 Å². The molecule has 1 aliphatic carbocycles. The lowest BCUT2D eigenvalue weighted by Gasteiger charge is -2.28. The third-order valence-electron chi connectivity index (χ3n) is 9.84. The molecule has 0 radical (unpaired) electrons. The minimum atomic E-state index is -0.698. The van der Waals surface area contributed by atoms with E-state index in [1.165, 1.54) is 6.26 Å². The molecule has 3 aromatic carbocycles. The number of aryl methyl sites for hydroxylation is 1. The fraction of sp³-hybridized carbons (Fsp3) is 0.350. The fourth-order valence-corrected chi connectivity index (χ4v) is 8.36. The van der Waals surface area contributed by atoms with Gasteiger partial charge in [0.05, 0.1) is 24.4 Å². The number of amides is 1. The predicted octanol–water partition coefficient (Wildman–Crippen LogP) is 8.12. The van der Waals surface area contributed by atoms with Crippen molar-refractivity contribution >= 4 is 23.0 Å². The summed E-state index contributed by atoms with van der Waals surface area (Å²) >= 11 is 1.58. The number of aliphatic hydroxyl groups excluding tert-OH is 1. The van der Waals surface area contributed by atoms with Gasteiger partial charge in [0.2, 0.25) is 5.89 Å². The zero-order valence-corrected chi connectivity index (χ0v) is 28.4. The number of benzene rings is 3. The van der Waals surface area contributed by atoms with Crippen molar-refractivity contribution in [1.82, 2.24) is 14.9 Å². The number of carbonyl (C=O) groups excluding carboxylic acids is 2. The van der Waals surface area contributed by atoms with Crippen LogP contribution in [0.25, 0.3) is 11.5 Å². The summed E-state index contributed by atoms with van der Waals surface area (Å²) < 4.78 is 11.9. The van der Waals surface area contributed by atoms with Crippen LogP contribution in [0.4, 0.5) is 0 Å². The van der Waals surface area contributed by atoms with Gasteiger partial charge in [-0.1, -0.05) is 48.5 Å². The van der Waals surface area contributed by atoms with Crippen molar-refractivity contribution in [2.45, 2.75) is 70.1 Å². The number of rotatable bonds is 12. The van der Waals surface area contributed by atoms with Gasteiger partial charge in [-0.3, -0.25) is 9.59 Å². The van der Waals surface area contributed by atoms with Gasteiger partial charge in [0.1, 0.15) is 17.0 Å². The molecule has 1 saturated heterocycles. The zero-order chi connectivity index (χ0) is 33.7. The summed E-state index contributed by atoms with van der Waals surface area (Å²) in [6.45, 7) is 2.58. The summed E-state index contributed by atoms with van der Waals surface area (Å²) in [7, 11) is 0. The number of thiazole rings is 1.